The Bertz CT molecular complexity index is 1540. The number of benzene rings is 3. The molecular weight excluding hydrogens is 475 g/mol. The lowest BCUT2D eigenvalue weighted by molar-refractivity contribution is -0.115. The number of thiophene rings is 1. The minimum absolute atomic E-state index is 0.0134. The van der Waals surface area contributed by atoms with Crippen molar-refractivity contribution in [1.82, 2.24) is 9.78 Å². The van der Waals surface area contributed by atoms with E-state index in [9.17, 15) is 14.0 Å². The van der Waals surface area contributed by atoms with Crippen molar-refractivity contribution < 1.29 is 14.0 Å². The first kappa shape index (κ1) is 23.4. The molecule has 0 radical (unpaired) electrons. The van der Waals surface area contributed by atoms with E-state index in [1.54, 1.807) is 0 Å². The van der Waals surface area contributed by atoms with Crippen molar-refractivity contribution in [1.29, 1.82) is 0 Å². The molecule has 0 aliphatic carbocycles. The summed E-state index contributed by atoms with van der Waals surface area (Å²) in [6.45, 7) is 2.53. The number of hydrogen-bond acceptors (Lipinski definition) is 4. The Labute approximate surface area is 211 Å². The molecule has 0 fully saturated rings. The van der Waals surface area contributed by atoms with E-state index >= 15 is 0 Å². The number of nitrogens with zero attached hydrogens (tertiary/aromatic N) is 2. The number of aryl methyl sites for hydroxylation is 1. The highest BCUT2D eigenvalue weighted by molar-refractivity contribution is 7.20. The zero-order chi connectivity index (χ0) is 25.1. The van der Waals surface area contributed by atoms with E-state index in [0.29, 0.717) is 17.1 Å². The third-order valence-electron chi connectivity index (χ3n) is 5.71. The number of carbonyl (C=O) groups is 2. The second-order valence-corrected chi connectivity index (χ2v) is 9.45. The van der Waals surface area contributed by atoms with Gasteiger partial charge in [0, 0.05) is 11.1 Å². The van der Waals surface area contributed by atoms with E-state index < -0.39 is 5.82 Å². The highest BCUT2D eigenvalue weighted by Crippen LogP contribution is 2.30. The number of nitrogens with one attached hydrogen (secondary N) is 2. The summed E-state index contributed by atoms with van der Waals surface area (Å²) in [6.07, 6.45) is 0.123. The third-order valence-corrected chi connectivity index (χ3v) is 6.86. The molecule has 3 aromatic carbocycles. The lowest BCUT2D eigenvalue weighted by atomic mass is 10.1. The van der Waals surface area contributed by atoms with Crippen molar-refractivity contribution in [2.45, 2.75) is 19.9 Å². The summed E-state index contributed by atoms with van der Waals surface area (Å²) in [6, 6.07) is 25.2. The second kappa shape index (κ2) is 10.1. The van der Waals surface area contributed by atoms with Crippen molar-refractivity contribution >= 4 is 44.7 Å². The maximum absolute atomic E-state index is 14.4. The number of rotatable bonds is 7. The van der Waals surface area contributed by atoms with Crippen LogP contribution in [0, 0.1) is 12.7 Å². The molecule has 0 atom stereocenters. The van der Waals surface area contributed by atoms with E-state index in [4.69, 9.17) is 0 Å². The molecule has 2 heterocycles. The quantitative estimate of drug-likeness (QED) is 0.288. The molecule has 0 bridgehead atoms. The Morgan fingerprint density at radius 1 is 0.917 bits per heavy atom. The van der Waals surface area contributed by atoms with Gasteiger partial charge in [-0.2, -0.15) is 5.10 Å². The summed E-state index contributed by atoms with van der Waals surface area (Å²) in [5.41, 5.74) is 3.19. The first-order chi connectivity index (χ1) is 17.5. The molecule has 0 spiro atoms. The molecule has 5 rings (SSSR count). The Kier molecular flexibility index (Phi) is 6.60. The summed E-state index contributed by atoms with van der Waals surface area (Å²) in [4.78, 5) is 26.8. The van der Waals surface area contributed by atoms with Crippen molar-refractivity contribution in [2.75, 3.05) is 10.6 Å². The molecule has 0 aliphatic heterocycles. The van der Waals surface area contributed by atoms with Crippen LogP contribution >= 0.6 is 11.3 Å². The first-order valence-electron chi connectivity index (χ1n) is 11.4. The van der Waals surface area contributed by atoms with Crippen LogP contribution in [-0.4, -0.2) is 21.6 Å². The fraction of sp³-hybridized carbons (Fsp3) is 0.107. The number of halogens is 1. The van der Waals surface area contributed by atoms with Crippen LogP contribution in [0.2, 0.25) is 0 Å². The Hall–Kier alpha value is -4.30. The second-order valence-electron chi connectivity index (χ2n) is 8.42. The average molecular weight is 499 g/mol. The fourth-order valence-electron chi connectivity index (χ4n) is 3.96. The highest BCUT2D eigenvalue weighted by Gasteiger charge is 2.17. The summed E-state index contributed by atoms with van der Waals surface area (Å²) in [5.74, 6) is -1.23. The minimum Gasteiger partial charge on any atom is -0.323 e. The van der Waals surface area contributed by atoms with E-state index in [0.717, 1.165) is 27.0 Å². The Morgan fingerprint density at radius 2 is 1.61 bits per heavy atom. The number of anilines is 2. The predicted octanol–water partition coefficient (Wildman–Crippen LogP) is 6.03. The normalized spacial score (nSPS) is 10.9. The lowest BCUT2D eigenvalue weighted by Crippen LogP contribution is -2.16. The third kappa shape index (κ3) is 5.18. The lowest BCUT2D eigenvalue weighted by Gasteiger charge is -2.10. The monoisotopic (exact) mass is 498 g/mol. The smallest absolute Gasteiger partial charge is 0.265 e. The van der Waals surface area contributed by atoms with Gasteiger partial charge in [-0.15, -0.1) is 11.3 Å². The van der Waals surface area contributed by atoms with Crippen molar-refractivity contribution in [3.63, 3.8) is 0 Å². The van der Waals surface area contributed by atoms with Crippen molar-refractivity contribution in [2.24, 2.45) is 0 Å². The highest BCUT2D eigenvalue weighted by atomic mass is 32.1. The van der Waals surface area contributed by atoms with E-state index in [-0.39, 0.29) is 23.9 Å². The van der Waals surface area contributed by atoms with Crippen LogP contribution in [0.25, 0.3) is 10.2 Å². The van der Waals surface area contributed by atoms with Gasteiger partial charge in [-0.3, -0.25) is 14.3 Å². The van der Waals surface area contributed by atoms with Crippen LogP contribution in [0.5, 0.6) is 0 Å². The minimum atomic E-state index is -0.576. The molecule has 2 amide bonds. The molecule has 36 heavy (non-hydrogen) atoms. The van der Waals surface area contributed by atoms with Gasteiger partial charge >= 0.3 is 0 Å². The van der Waals surface area contributed by atoms with Gasteiger partial charge in [-0.05, 0) is 42.3 Å². The van der Waals surface area contributed by atoms with Crippen LogP contribution in [0.1, 0.15) is 26.5 Å². The molecule has 0 aliphatic rings. The van der Waals surface area contributed by atoms with Gasteiger partial charge in [0.1, 0.15) is 10.6 Å². The Morgan fingerprint density at radius 3 is 2.33 bits per heavy atom. The fourth-order valence-corrected chi connectivity index (χ4v) is 5.01. The van der Waals surface area contributed by atoms with Crippen molar-refractivity contribution in [3.8, 4) is 0 Å². The molecule has 6 nitrogen and oxygen atoms in total. The van der Waals surface area contributed by atoms with Crippen LogP contribution in [-0.2, 0) is 17.8 Å². The molecule has 0 saturated heterocycles. The molecule has 5 aromatic rings. The summed E-state index contributed by atoms with van der Waals surface area (Å²) >= 11 is 1.36. The first-order valence-corrected chi connectivity index (χ1v) is 12.2. The Balaban J connectivity index is 1.31. The summed E-state index contributed by atoms with van der Waals surface area (Å²) in [5, 5.41) is 11.0. The van der Waals surface area contributed by atoms with Gasteiger partial charge in [-0.1, -0.05) is 60.7 Å². The van der Waals surface area contributed by atoms with E-state index in [1.807, 2.05) is 78.3 Å². The van der Waals surface area contributed by atoms with Crippen LogP contribution < -0.4 is 10.6 Å². The summed E-state index contributed by atoms with van der Waals surface area (Å²) in [7, 11) is 0. The number of fused-ring (bicyclic) bond motifs is 1. The van der Waals surface area contributed by atoms with E-state index in [2.05, 4.69) is 15.7 Å². The molecule has 0 saturated carbocycles. The topological polar surface area (TPSA) is 76.0 Å². The number of aromatic nitrogens is 2. The SMILES string of the molecule is Cc1nn(Cc2ccccc2)c2sc(C(=O)Nc3ccc(F)c(NC(=O)Cc4ccccc4)c3)cc12. The van der Waals surface area contributed by atoms with Crippen LogP contribution in [0.3, 0.4) is 0 Å². The zero-order valence-corrected chi connectivity index (χ0v) is 20.3. The van der Waals surface area contributed by atoms with E-state index in [1.165, 1.54) is 29.5 Å². The van der Waals surface area contributed by atoms with Gasteiger partial charge in [0.15, 0.2) is 0 Å². The van der Waals surface area contributed by atoms with Gasteiger partial charge in [-0.25, -0.2) is 4.39 Å². The maximum atomic E-state index is 14.4. The van der Waals surface area contributed by atoms with Gasteiger partial charge in [0.2, 0.25) is 5.91 Å². The number of amides is 2. The molecule has 2 aromatic heterocycles. The van der Waals surface area contributed by atoms with Crippen molar-refractivity contribution in [3.05, 3.63) is 112 Å². The van der Waals surface area contributed by atoms with Gasteiger partial charge < -0.3 is 10.6 Å². The maximum Gasteiger partial charge on any atom is 0.265 e. The van der Waals surface area contributed by atoms with Crippen LogP contribution in [0.15, 0.2) is 84.9 Å². The number of hydrogen-bond donors (Lipinski definition) is 2. The summed E-state index contributed by atoms with van der Waals surface area (Å²) < 4.78 is 16.3. The standard InChI is InChI=1S/C28H23FN4O2S/c1-18-22-16-25(36-28(22)33(32-18)17-20-10-6-3-7-11-20)27(35)30-21-12-13-23(29)24(15-21)31-26(34)14-19-8-4-2-5-9-19/h2-13,15-16H,14,17H2,1H3,(H,30,35)(H,31,34). The molecule has 180 valence electrons. The molecule has 2 N–H and O–H groups in total. The van der Waals surface area contributed by atoms with Crippen LogP contribution in [0.4, 0.5) is 15.8 Å². The van der Waals surface area contributed by atoms with Gasteiger partial charge in [0.05, 0.1) is 29.2 Å². The molecule has 8 heteroatoms. The largest absolute Gasteiger partial charge is 0.323 e. The average Bonchev–Trinajstić information content (AvgIpc) is 3.44. The predicted molar refractivity (Wildman–Crippen MR) is 141 cm³/mol. The molecular formula is C28H23FN4O2S. The number of carbonyl (C=O) groups excluding carboxylic acids is 2. The molecule has 0 unspecified atom stereocenters. The van der Waals surface area contributed by atoms with Gasteiger partial charge in [0.25, 0.3) is 5.91 Å². The zero-order valence-electron chi connectivity index (χ0n) is 19.5.